The summed E-state index contributed by atoms with van der Waals surface area (Å²) < 4.78 is 5.31. The molecule has 8 nitrogen and oxygen atoms in total. The van der Waals surface area contributed by atoms with Crippen LogP contribution in [0.25, 0.3) is 0 Å². The van der Waals surface area contributed by atoms with Crippen LogP contribution in [0.2, 0.25) is 0 Å². The number of benzene rings is 4. The molecule has 1 unspecified atom stereocenters. The third-order valence-corrected chi connectivity index (χ3v) is 9.63. The van der Waals surface area contributed by atoms with E-state index in [-0.39, 0.29) is 28.0 Å². The fraction of sp³-hybridized carbons (Fsp3) is 0.135. The van der Waals surface area contributed by atoms with Crippen LogP contribution in [-0.2, 0) is 9.53 Å². The lowest BCUT2D eigenvalue weighted by Gasteiger charge is -2.18. The number of thioether (sulfide) groups is 1. The van der Waals surface area contributed by atoms with Crippen LogP contribution in [0.1, 0.15) is 59.3 Å². The zero-order valence-electron chi connectivity index (χ0n) is 26.0. The second kappa shape index (κ2) is 15.4. The van der Waals surface area contributed by atoms with Gasteiger partial charge in [0, 0.05) is 21.8 Å². The van der Waals surface area contributed by atoms with E-state index in [1.807, 2.05) is 91.9 Å². The number of amides is 3. The molecule has 1 atom stereocenters. The Morgan fingerprint density at radius 2 is 1.38 bits per heavy atom. The maximum atomic E-state index is 14.1. The zero-order chi connectivity index (χ0) is 33.3. The van der Waals surface area contributed by atoms with Crippen molar-refractivity contribution < 1.29 is 23.9 Å². The molecule has 5 rings (SSSR count). The third-order valence-electron chi connectivity index (χ3n) is 7.18. The Morgan fingerprint density at radius 1 is 0.745 bits per heavy atom. The monoisotopic (exact) mass is 663 g/mol. The summed E-state index contributed by atoms with van der Waals surface area (Å²) in [4.78, 5) is 54.4. The van der Waals surface area contributed by atoms with Crippen molar-refractivity contribution in [2.45, 2.75) is 30.9 Å². The molecule has 10 heteroatoms. The molecule has 0 saturated heterocycles. The summed E-state index contributed by atoms with van der Waals surface area (Å²) in [5.41, 5.74) is 3.92. The SMILES string of the molecule is CCOC(=O)c1c(NC(=O)C(Sc2cccc(NC(=O)c3ccccc3C)c2)c2ccccc2)sc(C(=O)Nc2ccccc2)c1C. The van der Waals surface area contributed by atoms with Crippen LogP contribution in [0.15, 0.2) is 114 Å². The van der Waals surface area contributed by atoms with Gasteiger partial charge in [0.25, 0.3) is 11.8 Å². The van der Waals surface area contributed by atoms with Gasteiger partial charge in [-0.15, -0.1) is 23.1 Å². The second-order valence-corrected chi connectivity index (χ2v) is 12.7. The van der Waals surface area contributed by atoms with Crippen LogP contribution in [0.5, 0.6) is 0 Å². The van der Waals surface area contributed by atoms with E-state index in [0.29, 0.717) is 22.5 Å². The molecule has 0 radical (unpaired) electrons. The van der Waals surface area contributed by atoms with Crippen molar-refractivity contribution >= 4 is 63.2 Å². The summed E-state index contributed by atoms with van der Waals surface area (Å²) in [6.07, 6.45) is 0. The number of hydrogen-bond donors (Lipinski definition) is 3. The molecule has 1 aromatic heterocycles. The summed E-state index contributed by atoms with van der Waals surface area (Å²) in [6.45, 7) is 5.37. The first-order valence-electron chi connectivity index (χ1n) is 14.9. The zero-order valence-corrected chi connectivity index (χ0v) is 27.7. The fourth-order valence-corrected chi connectivity index (χ4v) is 7.04. The van der Waals surface area contributed by atoms with Gasteiger partial charge in [-0.1, -0.05) is 72.8 Å². The summed E-state index contributed by atoms with van der Waals surface area (Å²) in [5.74, 6) is -1.65. The summed E-state index contributed by atoms with van der Waals surface area (Å²) in [5, 5.41) is 8.22. The van der Waals surface area contributed by atoms with Crippen molar-refractivity contribution in [1.29, 1.82) is 0 Å². The lowest BCUT2D eigenvalue weighted by molar-refractivity contribution is -0.115. The highest BCUT2D eigenvalue weighted by atomic mass is 32.2. The molecule has 0 aliphatic carbocycles. The number of aryl methyl sites for hydroxylation is 1. The fourth-order valence-electron chi connectivity index (χ4n) is 4.86. The van der Waals surface area contributed by atoms with E-state index in [1.165, 1.54) is 11.8 Å². The van der Waals surface area contributed by atoms with Gasteiger partial charge in [-0.2, -0.15) is 0 Å². The first kappa shape index (κ1) is 33.2. The van der Waals surface area contributed by atoms with Gasteiger partial charge in [0.15, 0.2) is 0 Å². The Balaban J connectivity index is 1.42. The average molecular weight is 664 g/mol. The van der Waals surface area contributed by atoms with Gasteiger partial charge in [0.05, 0.1) is 17.0 Å². The predicted octanol–water partition coefficient (Wildman–Crippen LogP) is 8.52. The lowest BCUT2D eigenvalue weighted by Crippen LogP contribution is -2.20. The smallest absolute Gasteiger partial charge is 0.341 e. The molecule has 4 aromatic carbocycles. The minimum absolute atomic E-state index is 0.131. The molecular formula is C37H33N3O5S2. The van der Waals surface area contributed by atoms with E-state index >= 15 is 0 Å². The van der Waals surface area contributed by atoms with Crippen molar-refractivity contribution in [3.8, 4) is 0 Å². The minimum Gasteiger partial charge on any atom is -0.462 e. The summed E-state index contributed by atoms with van der Waals surface area (Å²) >= 11 is 2.32. The predicted molar refractivity (Wildman–Crippen MR) is 189 cm³/mol. The normalized spacial score (nSPS) is 11.3. The molecule has 3 N–H and O–H groups in total. The standard InChI is InChI=1S/C37H33N3O5S2/c1-4-45-37(44)30-24(3)31(34(42)38-26-17-9-6-10-18-26)47-36(30)40-35(43)32(25-15-7-5-8-16-25)46-28-20-13-19-27(22-28)39-33(41)29-21-12-11-14-23(29)2/h5-22,32H,4H2,1-3H3,(H,38,42)(H,39,41)(H,40,43). The van der Waals surface area contributed by atoms with Crippen LogP contribution < -0.4 is 16.0 Å². The molecule has 238 valence electrons. The molecule has 0 saturated carbocycles. The van der Waals surface area contributed by atoms with E-state index in [9.17, 15) is 19.2 Å². The maximum absolute atomic E-state index is 14.1. The molecule has 0 aliphatic heterocycles. The molecule has 5 aromatic rings. The highest BCUT2D eigenvalue weighted by Gasteiger charge is 2.30. The number of nitrogens with one attached hydrogen (secondary N) is 3. The maximum Gasteiger partial charge on any atom is 0.341 e. The topological polar surface area (TPSA) is 114 Å². The summed E-state index contributed by atoms with van der Waals surface area (Å²) in [7, 11) is 0. The lowest BCUT2D eigenvalue weighted by atomic mass is 10.1. The van der Waals surface area contributed by atoms with Crippen molar-refractivity contribution in [3.63, 3.8) is 0 Å². The van der Waals surface area contributed by atoms with Crippen molar-refractivity contribution in [1.82, 2.24) is 0 Å². The van der Waals surface area contributed by atoms with E-state index < -0.39 is 23.0 Å². The molecule has 3 amide bonds. The quantitative estimate of drug-likeness (QED) is 0.0965. The highest BCUT2D eigenvalue weighted by Crippen LogP contribution is 2.40. The van der Waals surface area contributed by atoms with Crippen molar-refractivity contribution in [2.24, 2.45) is 0 Å². The van der Waals surface area contributed by atoms with E-state index in [2.05, 4.69) is 16.0 Å². The van der Waals surface area contributed by atoms with Crippen LogP contribution in [0, 0.1) is 13.8 Å². The Bertz CT molecular complexity index is 1910. The van der Waals surface area contributed by atoms with Gasteiger partial charge >= 0.3 is 5.97 Å². The Kier molecular flexibility index (Phi) is 10.9. The number of hydrogen-bond acceptors (Lipinski definition) is 7. The van der Waals surface area contributed by atoms with E-state index in [1.54, 1.807) is 38.1 Å². The number of carbonyl (C=O) groups is 4. The number of ether oxygens (including phenoxy) is 1. The number of rotatable bonds is 11. The number of anilines is 3. The van der Waals surface area contributed by atoms with Gasteiger partial charge in [0.1, 0.15) is 10.3 Å². The van der Waals surface area contributed by atoms with Crippen molar-refractivity contribution in [2.75, 3.05) is 22.6 Å². The van der Waals surface area contributed by atoms with Gasteiger partial charge in [-0.3, -0.25) is 14.4 Å². The van der Waals surface area contributed by atoms with E-state index in [4.69, 9.17) is 4.74 Å². The third kappa shape index (κ3) is 8.16. The number of carbonyl (C=O) groups excluding carboxylic acids is 4. The van der Waals surface area contributed by atoms with Gasteiger partial charge < -0.3 is 20.7 Å². The second-order valence-electron chi connectivity index (χ2n) is 10.5. The minimum atomic E-state index is -0.738. The molecule has 0 bridgehead atoms. The molecule has 0 spiro atoms. The van der Waals surface area contributed by atoms with Crippen LogP contribution in [0.3, 0.4) is 0 Å². The number of para-hydroxylation sites is 1. The Morgan fingerprint density at radius 3 is 2.09 bits per heavy atom. The van der Waals surface area contributed by atoms with Crippen molar-refractivity contribution in [3.05, 3.63) is 142 Å². The van der Waals surface area contributed by atoms with Crippen LogP contribution in [-0.4, -0.2) is 30.3 Å². The average Bonchev–Trinajstić information content (AvgIpc) is 3.40. The van der Waals surface area contributed by atoms with Gasteiger partial charge in [-0.25, -0.2) is 4.79 Å². The Hall–Kier alpha value is -5.19. The number of thiophene rings is 1. The van der Waals surface area contributed by atoms with Gasteiger partial charge in [-0.05, 0) is 73.9 Å². The first-order chi connectivity index (χ1) is 22.7. The number of esters is 1. The summed E-state index contributed by atoms with van der Waals surface area (Å²) in [6, 6.07) is 32.9. The van der Waals surface area contributed by atoms with Gasteiger partial charge in [0.2, 0.25) is 5.91 Å². The molecule has 1 heterocycles. The molecule has 0 aliphatic rings. The van der Waals surface area contributed by atoms with E-state index in [0.717, 1.165) is 27.4 Å². The molecule has 47 heavy (non-hydrogen) atoms. The first-order valence-corrected chi connectivity index (χ1v) is 16.6. The Labute approximate surface area is 281 Å². The van der Waals surface area contributed by atoms with Crippen LogP contribution >= 0.6 is 23.1 Å². The molecular weight excluding hydrogens is 631 g/mol. The van der Waals surface area contributed by atoms with Crippen LogP contribution in [0.4, 0.5) is 16.4 Å². The highest BCUT2D eigenvalue weighted by molar-refractivity contribution is 8.00. The largest absolute Gasteiger partial charge is 0.462 e. The molecule has 0 fully saturated rings.